The van der Waals surface area contributed by atoms with Crippen LogP contribution in [0.2, 0.25) is 0 Å². The zero-order valence-corrected chi connectivity index (χ0v) is 11.7. The molecule has 0 aliphatic carbocycles. The first kappa shape index (κ1) is 13.9. The van der Waals surface area contributed by atoms with Crippen molar-refractivity contribution in [3.05, 3.63) is 46.0 Å². The van der Waals surface area contributed by atoms with Gasteiger partial charge in [-0.3, -0.25) is 14.9 Å². The molecule has 1 N–H and O–H groups in total. The number of ketones is 1. The quantitative estimate of drug-likeness (QED) is 0.879. The van der Waals surface area contributed by atoms with E-state index in [1.807, 2.05) is 6.07 Å². The summed E-state index contributed by atoms with van der Waals surface area (Å²) < 4.78 is 0. The summed E-state index contributed by atoms with van der Waals surface area (Å²) in [6, 6.07) is 8.36. The standard InChI is InChI=1S/C14H11N3O2S/c1-8-12(9(2)18)20-14(16-8)17-13(19)11-5-3-4-10(6-11)7-15/h3-6H,1-2H3,(H,16,17,19). The van der Waals surface area contributed by atoms with E-state index in [4.69, 9.17) is 5.26 Å². The van der Waals surface area contributed by atoms with E-state index >= 15 is 0 Å². The number of hydrogen-bond donors (Lipinski definition) is 1. The van der Waals surface area contributed by atoms with E-state index in [0.717, 1.165) is 11.3 Å². The van der Waals surface area contributed by atoms with Crippen LogP contribution in [0.3, 0.4) is 0 Å². The number of amides is 1. The molecule has 1 aromatic heterocycles. The number of anilines is 1. The van der Waals surface area contributed by atoms with Crippen LogP contribution in [0.4, 0.5) is 5.13 Å². The third-order valence-electron chi connectivity index (χ3n) is 2.59. The van der Waals surface area contributed by atoms with Crippen LogP contribution in [0.15, 0.2) is 24.3 Å². The molecule has 100 valence electrons. The number of nitriles is 1. The Morgan fingerprint density at radius 1 is 1.40 bits per heavy atom. The highest BCUT2D eigenvalue weighted by Gasteiger charge is 2.14. The minimum absolute atomic E-state index is 0.0769. The first-order valence-electron chi connectivity index (χ1n) is 5.81. The molecule has 1 aromatic carbocycles. The van der Waals surface area contributed by atoms with Gasteiger partial charge in [0.05, 0.1) is 22.2 Å². The van der Waals surface area contributed by atoms with Gasteiger partial charge in [-0.25, -0.2) is 4.98 Å². The molecule has 0 aliphatic rings. The van der Waals surface area contributed by atoms with Gasteiger partial charge in [0.1, 0.15) is 0 Å². The molecule has 2 aromatic rings. The molecular formula is C14H11N3O2S. The number of hydrogen-bond acceptors (Lipinski definition) is 5. The molecule has 1 amide bonds. The van der Waals surface area contributed by atoms with Crippen molar-refractivity contribution in [3.63, 3.8) is 0 Å². The molecule has 2 rings (SSSR count). The second-order valence-electron chi connectivity index (χ2n) is 4.14. The second kappa shape index (κ2) is 5.63. The van der Waals surface area contributed by atoms with Crippen molar-refractivity contribution in [2.45, 2.75) is 13.8 Å². The van der Waals surface area contributed by atoms with Crippen molar-refractivity contribution in [2.75, 3.05) is 5.32 Å². The van der Waals surface area contributed by atoms with Crippen LogP contribution in [0.1, 0.15) is 38.2 Å². The molecule has 6 heteroatoms. The molecule has 0 spiro atoms. The summed E-state index contributed by atoms with van der Waals surface area (Å²) >= 11 is 1.14. The zero-order valence-electron chi connectivity index (χ0n) is 10.9. The molecule has 0 atom stereocenters. The Balaban J connectivity index is 2.21. The Kier molecular flexibility index (Phi) is 3.91. The lowest BCUT2D eigenvalue weighted by Crippen LogP contribution is -2.11. The summed E-state index contributed by atoms with van der Waals surface area (Å²) in [6.45, 7) is 3.18. The van der Waals surface area contributed by atoms with Gasteiger partial charge in [0.15, 0.2) is 10.9 Å². The van der Waals surface area contributed by atoms with Gasteiger partial charge < -0.3 is 0 Å². The van der Waals surface area contributed by atoms with Crippen molar-refractivity contribution < 1.29 is 9.59 Å². The lowest BCUT2D eigenvalue weighted by atomic mass is 10.1. The molecule has 0 saturated carbocycles. The van der Waals surface area contributed by atoms with E-state index in [2.05, 4.69) is 10.3 Å². The summed E-state index contributed by atoms with van der Waals surface area (Å²) in [5.41, 5.74) is 1.39. The van der Waals surface area contributed by atoms with Gasteiger partial charge in [-0.2, -0.15) is 5.26 Å². The van der Waals surface area contributed by atoms with Crippen molar-refractivity contribution in [2.24, 2.45) is 0 Å². The van der Waals surface area contributed by atoms with Gasteiger partial charge in [0, 0.05) is 12.5 Å². The Bertz CT molecular complexity index is 728. The Morgan fingerprint density at radius 3 is 2.75 bits per heavy atom. The smallest absolute Gasteiger partial charge is 0.257 e. The van der Waals surface area contributed by atoms with Gasteiger partial charge in [0.2, 0.25) is 0 Å². The number of rotatable bonds is 3. The van der Waals surface area contributed by atoms with Crippen LogP contribution in [0, 0.1) is 18.3 Å². The molecule has 20 heavy (non-hydrogen) atoms. The average Bonchev–Trinajstić information content (AvgIpc) is 2.79. The first-order chi connectivity index (χ1) is 9.51. The van der Waals surface area contributed by atoms with Gasteiger partial charge in [0.25, 0.3) is 5.91 Å². The fourth-order valence-electron chi connectivity index (χ4n) is 1.68. The Hall–Kier alpha value is -2.52. The predicted molar refractivity (Wildman–Crippen MR) is 76.0 cm³/mol. The lowest BCUT2D eigenvalue weighted by molar-refractivity contribution is 0.101. The fourth-order valence-corrected chi connectivity index (χ4v) is 2.53. The normalized spacial score (nSPS) is 9.85. The molecule has 0 saturated heterocycles. The Morgan fingerprint density at radius 2 is 2.15 bits per heavy atom. The summed E-state index contributed by atoms with van der Waals surface area (Å²) in [4.78, 5) is 28.0. The van der Waals surface area contributed by atoms with Crippen molar-refractivity contribution in [1.29, 1.82) is 5.26 Å². The monoisotopic (exact) mass is 285 g/mol. The largest absolute Gasteiger partial charge is 0.298 e. The number of Topliss-reactive ketones (excluding diaryl/α,β-unsaturated/α-hetero) is 1. The summed E-state index contributed by atoms with van der Waals surface area (Å²) in [6.07, 6.45) is 0. The number of thiazole rings is 1. The van der Waals surface area contributed by atoms with Crippen LogP contribution in [-0.2, 0) is 0 Å². The maximum Gasteiger partial charge on any atom is 0.257 e. The molecule has 0 radical (unpaired) electrons. The zero-order chi connectivity index (χ0) is 14.7. The molecule has 0 unspecified atom stereocenters. The molecular weight excluding hydrogens is 274 g/mol. The third kappa shape index (κ3) is 2.90. The molecule has 0 aliphatic heterocycles. The van der Waals surface area contributed by atoms with Gasteiger partial charge in [-0.1, -0.05) is 17.4 Å². The fraction of sp³-hybridized carbons (Fsp3) is 0.143. The van der Waals surface area contributed by atoms with Gasteiger partial charge >= 0.3 is 0 Å². The van der Waals surface area contributed by atoms with Gasteiger partial charge in [-0.15, -0.1) is 0 Å². The van der Waals surface area contributed by atoms with Crippen molar-refractivity contribution in [3.8, 4) is 6.07 Å². The summed E-state index contributed by atoms with van der Waals surface area (Å²) in [7, 11) is 0. The second-order valence-corrected chi connectivity index (χ2v) is 5.14. The number of aromatic nitrogens is 1. The number of aryl methyl sites for hydroxylation is 1. The lowest BCUT2D eigenvalue weighted by Gasteiger charge is -2.01. The molecule has 0 bridgehead atoms. The van der Waals surface area contributed by atoms with Crippen LogP contribution in [0.25, 0.3) is 0 Å². The maximum absolute atomic E-state index is 12.0. The van der Waals surface area contributed by atoms with Crippen LogP contribution >= 0.6 is 11.3 Å². The number of carbonyl (C=O) groups excluding carboxylic acids is 2. The number of nitrogens with zero attached hydrogens (tertiary/aromatic N) is 2. The molecule has 1 heterocycles. The van der Waals surface area contributed by atoms with Crippen molar-refractivity contribution in [1.82, 2.24) is 4.98 Å². The van der Waals surface area contributed by atoms with E-state index in [0.29, 0.717) is 26.8 Å². The predicted octanol–water partition coefficient (Wildman–Crippen LogP) is 2.78. The van der Waals surface area contributed by atoms with Crippen molar-refractivity contribution >= 4 is 28.2 Å². The number of carbonyl (C=O) groups is 2. The highest BCUT2D eigenvalue weighted by Crippen LogP contribution is 2.23. The average molecular weight is 285 g/mol. The van der Waals surface area contributed by atoms with Crippen LogP contribution < -0.4 is 5.32 Å². The van der Waals surface area contributed by atoms with Gasteiger partial charge in [-0.05, 0) is 25.1 Å². The van der Waals surface area contributed by atoms with E-state index in [-0.39, 0.29) is 11.7 Å². The number of nitrogens with one attached hydrogen (secondary N) is 1. The number of benzene rings is 1. The van der Waals surface area contributed by atoms with E-state index in [1.165, 1.54) is 13.0 Å². The van der Waals surface area contributed by atoms with E-state index < -0.39 is 0 Å². The van der Waals surface area contributed by atoms with Crippen LogP contribution in [0.5, 0.6) is 0 Å². The highest BCUT2D eigenvalue weighted by molar-refractivity contribution is 7.17. The maximum atomic E-state index is 12.0. The molecule has 0 fully saturated rings. The molecule has 5 nitrogen and oxygen atoms in total. The topological polar surface area (TPSA) is 82.9 Å². The summed E-state index contributed by atoms with van der Waals surface area (Å²) in [5.74, 6) is -0.432. The minimum atomic E-state index is -0.356. The third-order valence-corrected chi connectivity index (χ3v) is 3.76. The Labute approximate surface area is 119 Å². The van der Waals surface area contributed by atoms with Crippen LogP contribution in [-0.4, -0.2) is 16.7 Å². The first-order valence-corrected chi connectivity index (χ1v) is 6.63. The SMILES string of the molecule is CC(=O)c1sc(NC(=O)c2cccc(C#N)c2)nc1C. The summed E-state index contributed by atoms with van der Waals surface area (Å²) in [5, 5.41) is 11.8. The van der Waals surface area contributed by atoms with E-state index in [9.17, 15) is 9.59 Å². The highest BCUT2D eigenvalue weighted by atomic mass is 32.1. The van der Waals surface area contributed by atoms with E-state index in [1.54, 1.807) is 25.1 Å². The minimum Gasteiger partial charge on any atom is -0.298 e.